The summed E-state index contributed by atoms with van der Waals surface area (Å²) in [5, 5.41) is 9.52. The zero-order chi connectivity index (χ0) is 10.8. The van der Waals surface area contributed by atoms with Crippen molar-refractivity contribution in [3.8, 4) is 5.75 Å². The lowest BCUT2D eigenvalue weighted by molar-refractivity contribution is 0.476. The summed E-state index contributed by atoms with van der Waals surface area (Å²) in [7, 11) is 0. The van der Waals surface area contributed by atoms with E-state index in [9.17, 15) is 5.11 Å². The maximum absolute atomic E-state index is 9.52. The van der Waals surface area contributed by atoms with Crippen LogP contribution in [-0.2, 0) is 0 Å². The Kier molecular flexibility index (Phi) is 2.94. The molecule has 0 unspecified atom stereocenters. The summed E-state index contributed by atoms with van der Waals surface area (Å²) in [6, 6.07) is 5.41. The minimum absolute atomic E-state index is 0.0379. The number of nitrogens with zero attached hydrogens (tertiary/aromatic N) is 1. The van der Waals surface area contributed by atoms with Gasteiger partial charge < -0.3 is 5.11 Å². The van der Waals surface area contributed by atoms with Crippen molar-refractivity contribution >= 4 is 11.9 Å². The predicted molar refractivity (Wildman–Crippen MR) is 60.5 cm³/mol. The van der Waals surface area contributed by atoms with Gasteiger partial charge in [-0.25, -0.2) is 0 Å². The predicted octanol–water partition coefficient (Wildman–Crippen LogP) is 3.45. The average molecular weight is 191 g/mol. The van der Waals surface area contributed by atoms with Gasteiger partial charge in [0.1, 0.15) is 11.4 Å². The minimum Gasteiger partial charge on any atom is -0.506 e. The molecule has 0 aliphatic carbocycles. The average Bonchev–Trinajstić information content (AvgIpc) is 2.05. The summed E-state index contributed by atoms with van der Waals surface area (Å²) < 4.78 is 0. The molecule has 0 heterocycles. The molecule has 0 aliphatic heterocycles. The van der Waals surface area contributed by atoms with E-state index >= 15 is 0 Å². The molecule has 0 atom stereocenters. The van der Waals surface area contributed by atoms with Crippen molar-refractivity contribution in [1.82, 2.24) is 0 Å². The summed E-state index contributed by atoms with van der Waals surface area (Å²) in [6.07, 6.45) is 1.85. The highest BCUT2D eigenvalue weighted by Crippen LogP contribution is 2.27. The summed E-state index contributed by atoms with van der Waals surface area (Å²) in [5.41, 5.74) is 1.78. The molecule has 0 saturated heterocycles. The van der Waals surface area contributed by atoms with E-state index in [0.717, 1.165) is 5.56 Å². The third-order valence-corrected chi connectivity index (χ3v) is 1.72. The number of benzene rings is 1. The molecule has 76 valence electrons. The molecule has 0 aromatic heterocycles. The van der Waals surface area contributed by atoms with Crippen LogP contribution in [0.2, 0.25) is 0 Å². The molecular formula is C12H17NO. The number of hydrogen-bond donors (Lipinski definition) is 1. The van der Waals surface area contributed by atoms with E-state index in [2.05, 4.69) is 25.8 Å². The second-order valence-electron chi connectivity index (χ2n) is 4.62. The Morgan fingerprint density at radius 1 is 1.29 bits per heavy atom. The number of phenolic OH excluding ortho intramolecular Hbond substituents is 1. The van der Waals surface area contributed by atoms with Crippen LogP contribution in [0.25, 0.3) is 0 Å². The summed E-state index contributed by atoms with van der Waals surface area (Å²) in [6.45, 7) is 8.20. The van der Waals surface area contributed by atoms with Gasteiger partial charge in [-0.15, -0.1) is 0 Å². The number of aromatic hydroxyl groups is 1. The van der Waals surface area contributed by atoms with Gasteiger partial charge in [-0.1, -0.05) is 26.8 Å². The molecule has 1 N–H and O–H groups in total. The molecule has 2 nitrogen and oxygen atoms in total. The largest absolute Gasteiger partial charge is 0.506 e. The van der Waals surface area contributed by atoms with Crippen molar-refractivity contribution < 1.29 is 5.11 Å². The van der Waals surface area contributed by atoms with Crippen molar-refractivity contribution in [3.63, 3.8) is 0 Å². The fraction of sp³-hybridized carbons (Fsp3) is 0.417. The first-order valence-corrected chi connectivity index (χ1v) is 4.73. The van der Waals surface area contributed by atoms with Crippen LogP contribution in [-0.4, -0.2) is 11.3 Å². The van der Waals surface area contributed by atoms with E-state index in [0.29, 0.717) is 5.69 Å². The minimum atomic E-state index is 0.0379. The van der Waals surface area contributed by atoms with Crippen molar-refractivity contribution in [1.29, 1.82) is 0 Å². The maximum atomic E-state index is 9.52. The Balaban J connectivity index is 2.97. The Morgan fingerprint density at radius 3 is 2.50 bits per heavy atom. The van der Waals surface area contributed by atoms with Crippen LogP contribution in [0, 0.1) is 12.3 Å². The topological polar surface area (TPSA) is 32.6 Å². The smallest absolute Gasteiger partial charge is 0.141 e. The summed E-state index contributed by atoms with van der Waals surface area (Å²) in [5.74, 6) is 0.233. The van der Waals surface area contributed by atoms with Crippen LogP contribution in [0.3, 0.4) is 0 Å². The SMILES string of the molecule is Cc1ccc(O)c(/N=C/C(C)(C)C)c1. The second-order valence-corrected chi connectivity index (χ2v) is 4.62. The van der Waals surface area contributed by atoms with Gasteiger partial charge >= 0.3 is 0 Å². The molecule has 0 amide bonds. The van der Waals surface area contributed by atoms with E-state index in [1.54, 1.807) is 6.07 Å². The van der Waals surface area contributed by atoms with Crippen molar-refractivity contribution in [3.05, 3.63) is 23.8 Å². The third kappa shape index (κ3) is 3.21. The molecule has 0 spiro atoms. The molecule has 0 fully saturated rings. The fourth-order valence-corrected chi connectivity index (χ4v) is 1.00. The molecular weight excluding hydrogens is 174 g/mol. The van der Waals surface area contributed by atoms with E-state index in [1.165, 1.54) is 0 Å². The lowest BCUT2D eigenvalue weighted by Gasteiger charge is -2.10. The summed E-state index contributed by atoms with van der Waals surface area (Å²) in [4.78, 5) is 4.26. The number of aliphatic imine (C=N–C) groups is 1. The van der Waals surface area contributed by atoms with Crippen LogP contribution in [0.1, 0.15) is 26.3 Å². The molecule has 1 aromatic carbocycles. The molecule has 1 rings (SSSR count). The fourth-order valence-electron chi connectivity index (χ4n) is 1.00. The van der Waals surface area contributed by atoms with Gasteiger partial charge in [-0.2, -0.15) is 0 Å². The Morgan fingerprint density at radius 2 is 1.93 bits per heavy atom. The molecule has 0 saturated carbocycles. The van der Waals surface area contributed by atoms with Crippen molar-refractivity contribution in [2.45, 2.75) is 27.7 Å². The molecule has 0 radical (unpaired) electrons. The third-order valence-electron chi connectivity index (χ3n) is 1.72. The maximum Gasteiger partial charge on any atom is 0.141 e. The summed E-state index contributed by atoms with van der Waals surface area (Å²) >= 11 is 0. The van der Waals surface area contributed by atoms with Crippen molar-refractivity contribution in [2.24, 2.45) is 10.4 Å². The van der Waals surface area contributed by atoms with Crippen molar-refractivity contribution in [2.75, 3.05) is 0 Å². The van der Waals surface area contributed by atoms with E-state index in [4.69, 9.17) is 0 Å². The Labute approximate surface area is 85.3 Å². The molecule has 2 heteroatoms. The van der Waals surface area contributed by atoms with Gasteiger partial charge in [0.2, 0.25) is 0 Å². The Hall–Kier alpha value is -1.31. The highest BCUT2D eigenvalue weighted by atomic mass is 16.3. The number of aryl methyl sites for hydroxylation is 1. The Bertz CT molecular complexity index is 348. The van der Waals surface area contributed by atoms with Gasteiger partial charge in [-0.05, 0) is 30.0 Å². The van der Waals surface area contributed by atoms with E-state index in [-0.39, 0.29) is 11.2 Å². The van der Waals surface area contributed by atoms with Crippen LogP contribution in [0.15, 0.2) is 23.2 Å². The number of hydrogen-bond acceptors (Lipinski definition) is 2. The van der Waals surface area contributed by atoms with Crippen LogP contribution in [0.4, 0.5) is 5.69 Å². The zero-order valence-corrected chi connectivity index (χ0v) is 9.20. The first-order valence-electron chi connectivity index (χ1n) is 4.73. The normalized spacial score (nSPS) is 12.3. The molecule has 0 bridgehead atoms. The first-order chi connectivity index (χ1) is 6.38. The van der Waals surface area contributed by atoms with Gasteiger partial charge in [-0.3, -0.25) is 4.99 Å². The quantitative estimate of drug-likeness (QED) is 0.677. The highest BCUT2D eigenvalue weighted by molar-refractivity contribution is 5.70. The highest BCUT2D eigenvalue weighted by Gasteiger charge is 2.06. The monoisotopic (exact) mass is 191 g/mol. The van der Waals surface area contributed by atoms with Gasteiger partial charge in [0, 0.05) is 6.21 Å². The van der Waals surface area contributed by atoms with Gasteiger partial charge in [0.25, 0.3) is 0 Å². The lowest BCUT2D eigenvalue weighted by Crippen LogP contribution is -2.05. The van der Waals surface area contributed by atoms with Crippen LogP contribution in [0.5, 0.6) is 5.75 Å². The zero-order valence-electron chi connectivity index (χ0n) is 9.20. The molecule has 14 heavy (non-hydrogen) atoms. The lowest BCUT2D eigenvalue weighted by atomic mass is 9.99. The number of phenols is 1. The number of rotatable bonds is 1. The first kappa shape index (κ1) is 10.8. The van der Waals surface area contributed by atoms with Crippen LogP contribution < -0.4 is 0 Å². The second kappa shape index (κ2) is 3.82. The standard InChI is InChI=1S/C12H17NO/c1-9-5-6-11(14)10(7-9)13-8-12(2,3)4/h5-8,14H,1-4H3/b13-8+. The van der Waals surface area contributed by atoms with Crippen LogP contribution >= 0.6 is 0 Å². The molecule has 0 aliphatic rings. The van der Waals surface area contributed by atoms with Gasteiger partial charge in [0.05, 0.1) is 0 Å². The van der Waals surface area contributed by atoms with Gasteiger partial charge in [0.15, 0.2) is 0 Å². The van der Waals surface area contributed by atoms with E-state index in [1.807, 2.05) is 25.3 Å². The van der Waals surface area contributed by atoms with E-state index < -0.39 is 0 Å². The molecule has 1 aromatic rings.